The molecule has 0 aromatic carbocycles. The van der Waals surface area contributed by atoms with Gasteiger partial charge in [-0.1, -0.05) is 5.98 Å². The summed E-state index contributed by atoms with van der Waals surface area (Å²) >= 11 is 0. The number of hydrogen-bond acceptors (Lipinski definition) is 1. The molecule has 0 saturated carbocycles. The lowest BCUT2D eigenvalue weighted by Crippen LogP contribution is -2.16. The van der Waals surface area contributed by atoms with Crippen molar-refractivity contribution in [2.75, 3.05) is 0 Å². The second-order valence-corrected chi connectivity index (χ2v) is 1.03. The van der Waals surface area contributed by atoms with E-state index in [-0.39, 0.29) is 5.91 Å². The molecule has 0 saturated heterocycles. The summed E-state index contributed by atoms with van der Waals surface area (Å²) in [6.45, 7) is 0. The van der Waals surface area contributed by atoms with Gasteiger partial charge in [-0.15, -0.1) is 0 Å². The number of hydrogen-bond donors (Lipinski definition) is 1. The molecule has 1 amide bonds. The third kappa shape index (κ3) is 0.430. The van der Waals surface area contributed by atoms with Gasteiger partial charge >= 0.3 is 0 Å². The molecule has 0 aromatic heterocycles. The zero-order valence-corrected chi connectivity index (χ0v) is 3.14. The Morgan fingerprint density at radius 3 is 2.83 bits per heavy atom. The summed E-state index contributed by atoms with van der Waals surface area (Å²) in [5, 5.41) is 2.44. The lowest BCUT2D eigenvalue weighted by molar-refractivity contribution is -0.114. The van der Waals surface area contributed by atoms with E-state index in [0.29, 0.717) is 0 Å². The van der Waals surface area contributed by atoms with Crippen LogP contribution in [-0.4, -0.2) is 13.3 Å². The Morgan fingerprint density at radius 2 is 2.67 bits per heavy atom. The molecule has 1 aliphatic rings. The maximum Gasteiger partial charge on any atom is 0.277 e. The number of carbonyl (C=O) groups excluding carboxylic acids is 1. The van der Waals surface area contributed by atoms with Crippen LogP contribution in [0.2, 0.25) is 0 Å². The van der Waals surface area contributed by atoms with Crippen LogP contribution in [0.3, 0.4) is 0 Å². The highest BCUT2D eigenvalue weighted by Gasteiger charge is 1.98. The average Bonchev–Trinajstić information content (AvgIpc) is 1.86. The predicted octanol–water partition coefficient (Wildman–Crippen LogP) is -0.751. The van der Waals surface area contributed by atoms with Gasteiger partial charge in [0.2, 0.25) is 5.91 Å². The van der Waals surface area contributed by atoms with Gasteiger partial charge in [0.05, 0.1) is 0 Å². The van der Waals surface area contributed by atoms with E-state index in [1.165, 1.54) is 6.08 Å². The molecule has 0 aliphatic carbocycles. The van der Waals surface area contributed by atoms with Crippen LogP contribution in [0.5, 0.6) is 0 Å². The van der Waals surface area contributed by atoms with E-state index in [1.54, 1.807) is 13.4 Å². The second-order valence-electron chi connectivity index (χ2n) is 1.03. The highest BCUT2D eigenvalue weighted by molar-refractivity contribution is 6.47. The van der Waals surface area contributed by atoms with Crippen LogP contribution in [0.4, 0.5) is 0 Å². The highest BCUT2D eigenvalue weighted by Crippen LogP contribution is 1.76. The van der Waals surface area contributed by atoms with Gasteiger partial charge < -0.3 is 5.23 Å². The molecule has 6 heavy (non-hydrogen) atoms. The Balaban J connectivity index is 2.59. The molecule has 0 spiro atoms. The summed E-state index contributed by atoms with van der Waals surface area (Å²) in [5.41, 5.74) is 0. The van der Waals surface area contributed by atoms with Gasteiger partial charge in [-0.05, 0) is 6.08 Å². The number of carbonyl (C=O) groups is 1. The van der Waals surface area contributed by atoms with E-state index in [9.17, 15) is 4.79 Å². The average molecular weight is 79.9 g/mol. The summed E-state index contributed by atoms with van der Waals surface area (Å²) in [5.74, 6) is 1.64. The van der Waals surface area contributed by atoms with Crippen LogP contribution in [-0.2, 0) is 4.79 Å². The van der Waals surface area contributed by atoms with E-state index in [1.807, 2.05) is 0 Å². The van der Waals surface area contributed by atoms with Crippen molar-refractivity contribution in [1.29, 1.82) is 0 Å². The normalized spacial score (nSPS) is 17.0. The highest BCUT2D eigenvalue weighted by atomic mass is 16.1. The molecule has 1 radical (unpaired) electrons. The molecule has 1 rings (SSSR count). The first-order chi connectivity index (χ1) is 2.89. The molecule has 29 valence electrons. The van der Waals surface area contributed by atoms with Crippen LogP contribution in [0.15, 0.2) is 12.1 Å². The number of rotatable bonds is 0. The Hall–Kier alpha value is -0.725. The van der Waals surface area contributed by atoms with Gasteiger partial charge in [0.1, 0.15) is 0 Å². The Morgan fingerprint density at radius 1 is 1.83 bits per heavy atom. The standard InChI is InChI=1S/C3H3BNO/c6-3-1-2-4-5-3/h1-2H,(H,5,6). The summed E-state index contributed by atoms with van der Waals surface area (Å²) in [6.07, 6.45) is 1.47. The minimum absolute atomic E-state index is 0.0324. The molecule has 2 nitrogen and oxygen atoms in total. The van der Waals surface area contributed by atoms with Crippen molar-refractivity contribution in [1.82, 2.24) is 5.23 Å². The number of amides is 1. The van der Waals surface area contributed by atoms with E-state index < -0.39 is 0 Å². The zero-order chi connectivity index (χ0) is 4.41. The van der Waals surface area contributed by atoms with Crippen molar-refractivity contribution in [3.05, 3.63) is 12.1 Å². The summed E-state index contributed by atoms with van der Waals surface area (Å²) in [6, 6.07) is 0. The maximum absolute atomic E-state index is 10.0. The van der Waals surface area contributed by atoms with Crippen molar-refractivity contribution in [3.63, 3.8) is 0 Å². The fraction of sp³-hybridized carbons (Fsp3) is 0. The molecular formula is C3H3BNO. The largest absolute Gasteiger partial charge is 0.395 e. The molecule has 0 bridgehead atoms. The number of nitrogens with one attached hydrogen (secondary N) is 1. The zero-order valence-electron chi connectivity index (χ0n) is 3.14. The van der Waals surface area contributed by atoms with Gasteiger partial charge in [-0.3, -0.25) is 4.79 Å². The Kier molecular flexibility index (Phi) is 0.672. The SMILES string of the molecule is O=C1C=C[B]N1. The van der Waals surface area contributed by atoms with Crippen molar-refractivity contribution in [3.8, 4) is 0 Å². The third-order valence-corrected chi connectivity index (χ3v) is 0.569. The predicted molar refractivity (Wildman–Crippen MR) is 23.0 cm³/mol. The van der Waals surface area contributed by atoms with Crippen LogP contribution < -0.4 is 5.23 Å². The summed E-state index contributed by atoms with van der Waals surface area (Å²) in [7, 11) is 1.60. The van der Waals surface area contributed by atoms with Crippen LogP contribution in [0.25, 0.3) is 0 Å². The molecule has 0 atom stereocenters. The Bertz CT molecular complexity index is 99.0. The van der Waals surface area contributed by atoms with Gasteiger partial charge in [-0.2, -0.15) is 0 Å². The first kappa shape index (κ1) is 3.46. The molecule has 0 fully saturated rings. The van der Waals surface area contributed by atoms with Gasteiger partial charge in [0, 0.05) is 0 Å². The smallest absolute Gasteiger partial charge is 0.277 e. The van der Waals surface area contributed by atoms with Crippen molar-refractivity contribution < 1.29 is 4.79 Å². The molecular weight excluding hydrogens is 76.9 g/mol. The lowest BCUT2D eigenvalue weighted by Gasteiger charge is -1.79. The quantitative estimate of drug-likeness (QED) is 0.381. The maximum atomic E-state index is 10.0. The first-order valence-electron chi connectivity index (χ1n) is 1.70. The fourth-order valence-electron chi connectivity index (χ4n) is 0.314. The monoisotopic (exact) mass is 80.0 g/mol. The van der Waals surface area contributed by atoms with Gasteiger partial charge in [-0.25, -0.2) is 0 Å². The van der Waals surface area contributed by atoms with E-state index >= 15 is 0 Å². The molecule has 1 N–H and O–H groups in total. The summed E-state index contributed by atoms with van der Waals surface area (Å²) < 4.78 is 0. The molecule has 1 heterocycles. The van der Waals surface area contributed by atoms with Gasteiger partial charge in [0.15, 0.2) is 0 Å². The van der Waals surface area contributed by atoms with Gasteiger partial charge in [0.25, 0.3) is 7.41 Å². The van der Waals surface area contributed by atoms with Crippen LogP contribution in [0.1, 0.15) is 0 Å². The molecule has 0 unspecified atom stereocenters. The molecule has 0 aromatic rings. The van der Waals surface area contributed by atoms with E-state index in [2.05, 4.69) is 5.23 Å². The van der Waals surface area contributed by atoms with E-state index in [0.717, 1.165) is 0 Å². The molecule has 3 heteroatoms. The van der Waals surface area contributed by atoms with Crippen molar-refractivity contribution in [2.24, 2.45) is 0 Å². The molecule has 1 aliphatic heterocycles. The van der Waals surface area contributed by atoms with Crippen LogP contribution in [0, 0.1) is 0 Å². The fourth-order valence-corrected chi connectivity index (χ4v) is 0.314. The minimum atomic E-state index is -0.0324. The Labute approximate surface area is 36.5 Å². The third-order valence-electron chi connectivity index (χ3n) is 0.569. The second kappa shape index (κ2) is 1.16. The van der Waals surface area contributed by atoms with Crippen molar-refractivity contribution >= 4 is 13.3 Å². The van der Waals surface area contributed by atoms with Crippen LogP contribution >= 0.6 is 0 Å². The lowest BCUT2D eigenvalue weighted by atomic mass is 10.00. The minimum Gasteiger partial charge on any atom is -0.395 e. The summed E-state index contributed by atoms with van der Waals surface area (Å²) in [4.78, 5) is 10.0. The topological polar surface area (TPSA) is 29.1 Å². The van der Waals surface area contributed by atoms with Crippen molar-refractivity contribution in [2.45, 2.75) is 0 Å². The first-order valence-corrected chi connectivity index (χ1v) is 1.70. The van der Waals surface area contributed by atoms with E-state index in [4.69, 9.17) is 0 Å².